The van der Waals surface area contributed by atoms with E-state index in [4.69, 9.17) is 4.74 Å². The predicted molar refractivity (Wildman–Crippen MR) is 75.3 cm³/mol. The molecule has 0 spiro atoms. The van der Waals surface area contributed by atoms with Gasteiger partial charge in [-0.1, -0.05) is 0 Å². The van der Waals surface area contributed by atoms with Crippen LogP contribution in [0.4, 0.5) is 4.79 Å². The van der Waals surface area contributed by atoms with Crippen LogP contribution in [-0.2, 0) is 4.74 Å². The molecular weight excluding hydrogens is 256 g/mol. The summed E-state index contributed by atoms with van der Waals surface area (Å²) >= 11 is 0. The number of hydrogen-bond donors (Lipinski definition) is 1. The van der Waals surface area contributed by atoms with Gasteiger partial charge in [-0.2, -0.15) is 0 Å². The van der Waals surface area contributed by atoms with E-state index in [9.17, 15) is 4.79 Å². The summed E-state index contributed by atoms with van der Waals surface area (Å²) in [5.74, 6) is 0. The fourth-order valence-electron chi connectivity index (χ4n) is 1.64. The van der Waals surface area contributed by atoms with Crippen LogP contribution in [0.5, 0.6) is 0 Å². The zero-order valence-corrected chi connectivity index (χ0v) is 11.6. The number of nitrogens with zero attached hydrogens (tertiary/aromatic N) is 3. The molecule has 0 aliphatic carbocycles. The highest BCUT2D eigenvalue weighted by molar-refractivity contribution is 5.77. The lowest BCUT2D eigenvalue weighted by atomic mass is 10.2. The highest BCUT2D eigenvalue weighted by atomic mass is 16.5. The minimum absolute atomic E-state index is 0.164. The van der Waals surface area contributed by atoms with Crippen LogP contribution in [-0.4, -0.2) is 39.8 Å². The molecule has 0 saturated heterocycles. The molecule has 0 fully saturated rings. The number of amides is 1. The van der Waals surface area contributed by atoms with Crippen molar-refractivity contribution in [3.8, 4) is 11.3 Å². The van der Waals surface area contributed by atoms with Crippen molar-refractivity contribution in [1.29, 1.82) is 0 Å². The molecule has 6 heteroatoms. The van der Waals surface area contributed by atoms with E-state index >= 15 is 0 Å². The van der Waals surface area contributed by atoms with Gasteiger partial charge in [0.05, 0.1) is 18.4 Å². The van der Waals surface area contributed by atoms with Crippen LogP contribution in [0.15, 0.2) is 37.1 Å². The lowest BCUT2D eigenvalue weighted by Gasteiger charge is -2.08. The van der Waals surface area contributed by atoms with Gasteiger partial charge < -0.3 is 10.1 Å². The minimum atomic E-state index is -0.222. The summed E-state index contributed by atoms with van der Waals surface area (Å²) in [4.78, 5) is 20.1. The Morgan fingerprint density at radius 2 is 2.35 bits per heavy atom. The van der Waals surface area contributed by atoms with Crippen molar-refractivity contribution in [2.45, 2.75) is 20.0 Å². The summed E-state index contributed by atoms with van der Waals surface area (Å²) < 4.78 is 6.77. The summed E-state index contributed by atoms with van der Waals surface area (Å²) in [7, 11) is 0. The first kappa shape index (κ1) is 14.2. The lowest BCUT2D eigenvalue weighted by Crippen LogP contribution is -2.31. The van der Waals surface area contributed by atoms with Gasteiger partial charge in [-0.25, -0.2) is 9.78 Å². The van der Waals surface area contributed by atoms with Crippen molar-refractivity contribution >= 4 is 6.03 Å². The maximum Gasteiger partial charge on any atom is 0.326 e. The van der Waals surface area contributed by atoms with Crippen LogP contribution < -0.4 is 5.32 Å². The van der Waals surface area contributed by atoms with E-state index in [1.165, 1.54) is 10.9 Å². The van der Waals surface area contributed by atoms with E-state index in [2.05, 4.69) is 15.3 Å². The zero-order valence-electron chi connectivity index (χ0n) is 11.6. The molecule has 0 aliphatic heterocycles. The second-order valence-corrected chi connectivity index (χ2v) is 4.56. The Labute approximate surface area is 117 Å². The molecular formula is C14H18N4O2. The number of ether oxygens (including phenoxy) is 1. The van der Waals surface area contributed by atoms with E-state index < -0.39 is 0 Å². The summed E-state index contributed by atoms with van der Waals surface area (Å²) in [5, 5.41) is 2.76. The number of pyridine rings is 1. The number of hydrogen-bond acceptors (Lipinski definition) is 4. The Morgan fingerprint density at radius 1 is 1.50 bits per heavy atom. The van der Waals surface area contributed by atoms with E-state index in [0.29, 0.717) is 18.8 Å². The highest BCUT2D eigenvalue weighted by Crippen LogP contribution is 2.14. The van der Waals surface area contributed by atoms with Crippen LogP contribution in [0.25, 0.3) is 11.3 Å². The molecule has 0 radical (unpaired) electrons. The van der Waals surface area contributed by atoms with Crippen molar-refractivity contribution in [3.05, 3.63) is 37.1 Å². The Balaban J connectivity index is 1.90. The molecule has 0 saturated carbocycles. The monoisotopic (exact) mass is 274 g/mol. The van der Waals surface area contributed by atoms with Crippen molar-refractivity contribution in [3.63, 3.8) is 0 Å². The maximum atomic E-state index is 11.9. The SMILES string of the molecule is CC(C)OCCNC(=O)n1cnc(-c2cccnc2)c1. The van der Waals surface area contributed by atoms with Crippen LogP contribution in [0.1, 0.15) is 13.8 Å². The fraction of sp³-hybridized carbons (Fsp3) is 0.357. The smallest absolute Gasteiger partial charge is 0.326 e. The van der Waals surface area contributed by atoms with Crippen molar-refractivity contribution < 1.29 is 9.53 Å². The molecule has 2 aromatic heterocycles. The van der Waals surface area contributed by atoms with Crippen LogP contribution in [0, 0.1) is 0 Å². The summed E-state index contributed by atoms with van der Waals surface area (Å²) in [6, 6.07) is 3.51. The van der Waals surface area contributed by atoms with Gasteiger partial charge in [0.2, 0.25) is 0 Å². The predicted octanol–water partition coefficient (Wildman–Crippen LogP) is 1.93. The molecule has 2 heterocycles. The number of aromatic nitrogens is 3. The van der Waals surface area contributed by atoms with Gasteiger partial charge >= 0.3 is 6.03 Å². The first-order valence-corrected chi connectivity index (χ1v) is 6.51. The molecule has 0 unspecified atom stereocenters. The molecule has 0 aromatic carbocycles. The third-order valence-electron chi connectivity index (χ3n) is 2.60. The van der Waals surface area contributed by atoms with Crippen LogP contribution in [0.2, 0.25) is 0 Å². The Kier molecular flexibility index (Phi) is 4.84. The van der Waals surface area contributed by atoms with Gasteiger partial charge in [0.25, 0.3) is 0 Å². The number of carbonyl (C=O) groups excluding carboxylic acids is 1. The molecule has 0 atom stereocenters. The molecule has 2 aromatic rings. The van der Waals surface area contributed by atoms with Crippen molar-refractivity contribution in [2.75, 3.05) is 13.2 Å². The zero-order chi connectivity index (χ0) is 14.4. The van der Waals surface area contributed by atoms with Crippen LogP contribution >= 0.6 is 0 Å². The topological polar surface area (TPSA) is 69.0 Å². The Morgan fingerprint density at radius 3 is 3.05 bits per heavy atom. The van der Waals surface area contributed by atoms with Gasteiger partial charge in [0, 0.05) is 30.7 Å². The van der Waals surface area contributed by atoms with Gasteiger partial charge in [-0.3, -0.25) is 9.55 Å². The number of rotatable bonds is 5. The first-order chi connectivity index (χ1) is 9.66. The fourth-order valence-corrected chi connectivity index (χ4v) is 1.64. The Bertz CT molecular complexity index is 551. The maximum absolute atomic E-state index is 11.9. The molecule has 1 N–H and O–H groups in total. The molecule has 6 nitrogen and oxygen atoms in total. The molecule has 1 amide bonds. The summed E-state index contributed by atoms with van der Waals surface area (Å²) in [6.45, 7) is 4.88. The van der Waals surface area contributed by atoms with Gasteiger partial charge in [0.1, 0.15) is 6.33 Å². The van der Waals surface area contributed by atoms with E-state index in [1.807, 2.05) is 26.0 Å². The molecule has 2 rings (SSSR count). The van der Waals surface area contributed by atoms with Crippen molar-refractivity contribution in [1.82, 2.24) is 19.9 Å². The second kappa shape index (κ2) is 6.81. The van der Waals surface area contributed by atoms with E-state index in [0.717, 1.165) is 5.56 Å². The van der Waals surface area contributed by atoms with Crippen LogP contribution in [0.3, 0.4) is 0 Å². The number of carbonyl (C=O) groups is 1. The van der Waals surface area contributed by atoms with Gasteiger partial charge in [-0.05, 0) is 26.0 Å². The van der Waals surface area contributed by atoms with E-state index in [-0.39, 0.29) is 12.1 Å². The molecule has 0 bridgehead atoms. The van der Waals surface area contributed by atoms with Gasteiger partial charge in [0.15, 0.2) is 0 Å². The minimum Gasteiger partial charge on any atom is -0.377 e. The average Bonchev–Trinajstić information content (AvgIpc) is 2.94. The second-order valence-electron chi connectivity index (χ2n) is 4.56. The lowest BCUT2D eigenvalue weighted by molar-refractivity contribution is 0.0818. The summed E-state index contributed by atoms with van der Waals surface area (Å²) in [5.41, 5.74) is 1.59. The number of imidazole rings is 1. The third-order valence-corrected chi connectivity index (χ3v) is 2.60. The number of nitrogens with one attached hydrogen (secondary N) is 1. The van der Waals surface area contributed by atoms with Crippen molar-refractivity contribution in [2.24, 2.45) is 0 Å². The molecule has 0 aliphatic rings. The molecule has 20 heavy (non-hydrogen) atoms. The molecule has 106 valence electrons. The van der Waals surface area contributed by atoms with E-state index in [1.54, 1.807) is 18.6 Å². The quantitative estimate of drug-likeness (QED) is 0.846. The highest BCUT2D eigenvalue weighted by Gasteiger charge is 2.07. The normalized spacial score (nSPS) is 10.8. The standard InChI is InChI=1S/C14H18N4O2/c1-11(2)20-7-6-16-14(19)18-9-13(17-10-18)12-4-3-5-15-8-12/h3-5,8-11H,6-7H2,1-2H3,(H,16,19). The Hall–Kier alpha value is -2.21. The third kappa shape index (κ3) is 3.89. The van der Waals surface area contributed by atoms with Gasteiger partial charge in [-0.15, -0.1) is 0 Å². The largest absolute Gasteiger partial charge is 0.377 e. The summed E-state index contributed by atoms with van der Waals surface area (Å²) in [6.07, 6.45) is 6.73. The first-order valence-electron chi connectivity index (χ1n) is 6.51. The average molecular weight is 274 g/mol.